The molecule has 5 heteroatoms. The van der Waals surface area contributed by atoms with Crippen LogP contribution < -0.4 is 0 Å². The molecule has 1 fully saturated rings. The van der Waals surface area contributed by atoms with Crippen molar-refractivity contribution in [2.24, 2.45) is 0 Å². The van der Waals surface area contributed by atoms with Gasteiger partial charge in [0, 0.05) is 0 Å². The summed E-state index contributed by atoms with van der Waals surface area (Å²) in [4.78, 5) is 0. The second-order valence-electron chi connectivity index (χ2n) is 2.74. The smallest absolute Gasteiger partial charge is 0.380 e. The fourth-order valence-electron chi connectivity index (χ4n) is 1.24. The first-order valence-electron chi connectivity index (χ1n) is 3.25. The van der Waals surface area contributed by atoms with Gasteiger partial charge in [0.05, 0.1) is 0 Å². The van der Waals surface area contributed by atoms with E-state index < -0.39 is 11.8 Å². The zero-order valence-corrected chi connectivity index (χ0v) is 6.63. The first kappa shape index (κ1) is 11.0. The molecule has 1 rings (SSSR count). The minimum atomic E-state index is -4.43. The summed E-state index contributed by atoms with van der Waals surface area (Å²) in [6.07, 6.45) is -3.72. The first-order chi connectivity index (χ1) is 4.46. The summed E-state index contributed by atoms with van der Waals surface area (Å²) in [5.41, 5.74) is -2.37. The van der Waals surface area contributed by atoms with Gasteiger partial charge in [-0.2, -0.15) is 13.2 Å². The van der Waals surface area contributed by atoms with Gasteiger partial charge in [-0.05, 0) is 12.8 Å². The number of halogens is 4. The molecule has 0 unspecified atom stereocenters. The van der Waals surface area contributed by atoms with E-state index in [0.717, 1.165) is 0 Å². The first-order valence-corrected chi connectivity index (χ1v) is 3.25. The molecule has 0 heterocycles. The maximum atomic E-state index is 11.9. The van der Waals surface area contributed by atoms with E-state index in [1.807, 2.05) is 0 Å². The predicted molar refractivity (Wildman–Crippen MR) is 36.7 cm³/mol. The molecule has 68 valence electrons. The topological polar surface area (TPSA) is 20.2 Å². The Hall–Kier alpha value is 0.0400. The zero-order chi connectivity index (χ0) is 7.83. The van der Waals surface area contributed by atoms with E-state index in [1.54, 1.807) is 0 Å². The van der Waals surface area contributed by atoms with E-state index >= 15 is 0 Å². The fraction of sp³-hybridized carbons (Fsp3) is 1.00. The lowest BCUT2D eigenvalue weighted by atomic mass is 10.0. The molecule has 0 atom stereocenters. The lowest BCUT2D eigenvalue weighted by molar-refractivity contribution is -0.257. The molecule has 0 radical (unpaired) electrons. The molecule has 0 aromatic heterocycles. The van der Waals surface area contributed by atoms with Crippen LogP contribution in [0.15, 0.2) is 0 Å². The van der Waals surface area contributed by atoms with Crippen LogP contribution in [-0.4, -0.2) is 16.9 Å². The van der Waals surface area contributed by atoms with Crippen LogP contribution in [0.25, 0.3) is 0 Å². The second kappa shape index (κ2) is 3.19. The number of hydrogen-bond acceptors (Lipinski definition) is 1. The molecule has 11 heavy (non-hydrogen) atoms. The number of alkyl halides is 3. The summed E-state index contributed by atoms with van der Waals surface area (Å²) in [6, 6.07) is 0. The average Bonchev–Trinajstić information content (AvgIpc) is 2.13. The third kappa shape index (κ3) is 1.99. The summed E-state index contributed by atoms with van der Waals surface area (Å²) in [6.45, 7) is 0. The summed E-state index contributed by atoms with van der Waals surface area (Å²) < 4.78 is 35.7. The highest BCUT2D eigenvalue weighted by molar-refractivity contribution is 5.85. The van der Waals surface area contributed by atoms with Crippen molar-refractivity contribution in [3.63, 3.8) is 0 Å². The van der Waals surface area contributed by atoms with E-state index in [9.17, 15) is 13.2 Å². The van der Waals surface area contributed by atoms with Gasteiger partial charge in [0.2, 0.25) is 0 Å². The van der Waals surface area contributed by atoms with Gasteiger partial charge in [0.1, 0.15) is 0 Å². The average molecular weight is 191 g/mol. The van der Waals surface area contributed by atoms with E-state index in [-0.39, 0.29) is 25.2 Å². The standard InChI is InChI=1S/C6H9F3O.ClH/c7-6(8,9)5(10)3-1-2-4-5;/h10H,1-4H2;1H. The Balaban J connectivity index is 0.000001000. The minimum Gasteiger partial charge on any atom is -0.380 e. The van der Waals surface area contributed by atoms with Crippen LogP contribution in [0.1, 0.15) is 25.7 Å². The zero-order valence-electron chi connectivity index (χ0n) is 5.82. The molecule has 0 amide bonds. The van der Waals surface area contributed by atoms with Gasteiger partial charge in [-0.1, -0.05) is 12.8 Å². The maximum Gasteiger partial charge on any atom is 0.417 e. The molecule has 0 aromatic rings. The monoisotopic (exact) mass is 190 g/mol. The highest BCUT2D eigenvalue weighted by Gasteiger charge is 2.54. The van der Waals surface area contributed by atoms with E-state index in [1.165, 1.54) is 0 Å². The Kier molecular flexibility index (Phi) is 3.20. The quantitative estimate of drug-likeness (QED) is 0.621. The molecule has 1 aliphatic carbocycles. The largest absolute Gasteiger partial charge is 0.417 e. The van der Waals surface area contributed by atoms with Crippen molar-refractivity contribution >= 4 is 12.4 Å². The molecule has 0 spiro atoms. The molecule has 1 saturated carbocycles. The molecule has 1 N–H and O–H groups in total. The van der Waals surface area contributed by atoms with Crippen LogP contribution in [0.4, 0.5) is 13.2 Å². The van der Waals surface area contributed by atoms with Crippen LogP contribution >= 0.6 is 12.4 Å². The molecule has 1 nitrogen and oxygen atoms in total. The maximum absolute atomic E-state index is 11.9. The van der Waals surface area contributed by atoms with Gasteiger partial charge >= 0.3 is 6.18 Å². The third-order valence-electron chi connectivity index (χ3n) is 1.96. The Morgan fingerprint density at radius 3 is 1.64 bits per heavy atom. The lowest BCUT2D eigenvalue weighted by Crippen LogP contribution is -2.42. The molecular weight excluding hydrogens is 181 g/mol. The summed E-state index contributed by atoms with van der Waals surface area (Å²) in [7, 11) is 0. The van der Waals surface area contributed by atoms with Crippen LogP contribution in [0.5, 0.6) is 0 Å². The highest BCUT2D eigenvalue weighted by Crippen LogP contribution is 2.42. The van der Waals surface area contributed by atoms with Crippen molar-refractivity contribution in [2.75, 3.05) is 0 Å². The van der Waals surface area contributed by atoms with E-state index in [0.29, 0.717) is 12.8 Å². The number of hydrogen-bond donors (Lipinski definition) is 1. The van der Waals surface area contributed by atoms with Crippen LogP contribution in [-0.2, 0) is 0 Å². The van der Waals surface area contributed by atoms with Gasteiger partial charge in [-0.3, -0.25) is 0 Å². The van der Waals surface area contributed by atoms with Crippen LogP contribution in [0, 0.1) is 0 Å². The molecular formula is C6H10ClF3O. The third-order valence-corrected chi connectivity index (χ3v) is 1.96. The molecule has 0 aromatic carbocycles. The van der Waals surface area contributed by atoms with E-state index in [2.05, 4.69) is 0 Å². The van der Waals surface area contributed by atoms with Crippen LogP contribution in [0.2, 0.25) is 0 Å². The van der Waals surface area contributed by atoms with Gasteiger partial charge < -0.3 is 5.11 Å². The SMILES string of the molecule is Cl.OC1(C(F)(F)F)CCCC1. The van der Waals surface area contributed by atoms with Crippen molar-refractivity contribution < 1.29 is 18.3 Å². The predicted octanol–water partition coefficient (Wildman–Crippen LogP) is 2.28. The van der Waals surface area contributed by atoms with Crippen molar-refractivity contribution in [2.45, 2.75) is 37.5 Å². The van der Waals surface area contributed by atoms with Crippen LogP contribution in [0.3, 0.4) is 0 Å². The Morgan fingerprint density at radius 1 is 1.09 bits per heavy atom. The Morgan fingerprint density at radius 2 is 1.45 bits per heavy atom. The van der Waals surface area contributed by atoms with Crippen molar-refractivity contribution in [3.8, 4) is 0 Å². The highest BCUT2D eigenvalue weighted by atomic mass is 35.5. The van der Waals surface area contributed by atoms with Gasteiger partial charge in [-0.25, -0.2) is 0 Å². The van der Waals surface area contributed by atoms with Gasteiger partial charge in [0.15, 0.2) is 5.60 Å². The molecule has 0 bridgehead atoms. The summed E-state index contributed by atoms with van der Waals surface area (Å²) >= 11 is 0. The molecule has 0 saturated heterocycles. The number of rotatable bonds is 0. The van der Waals surface area contributed by atoms with Crippen molar-refractivity contribution in [1.82, 2.24) is 0 Å². The lowest BCUT2D eigenvalue weighted by Gasteiger charge is -2.24. The second-order valence-corrected chi connectivity index (χ2v) is 2.74. The Bertz CT molecular complexity index is 128. The normalized spacial score (nSPS) is 22.9. The molecule has 1 aliphatic rings. The fourth-order valence-corrected chi connectivity index (χ4v) is 1.24. The minimum absolute atomic E-state index is 0. The number of aliphatic hydroxyl groups is 1. The van der Waals surface area contributed by atoms with Gasteiger partial charge in [0.25, 0.3) is 0 Å². The van der Waals surface area contributed by atoms with Gasteiger partial charge in [-0.15, -0.1) is 12.4 Å². The van der Waals surface area contributed by atoms with Crippen molar-refractivity contribution in [3.05, 3.63) is 0 Å². The Labute approximate surface area is 69.0 Å². The van der Waals surface area contributed by atoms with E-state index in [4.69, 9.17) is 5.11 Å². The van der Waals surface area contributed by atoms with Crippen molar-refractivity contribution in [1.29, 1.82) is 0 Å². The summed E-state index contributed by atoms with van der Waals surface area (Å²) in [5, 5.41) is 8.90. The molecule has 0 aliphatic heterocycles. The summed E-state index contributed by atoms with van der Waals surface area (Å²) in [5.74, 6) is 0.